The van der Waals surface area contributed by atoms with Gasteiger partial charge in [0.1, 0.15) is 0 Å². The van der Waals surface area contributed by atoms with Gasteiger partial charge in [0.05, 0.1) is 0 Å². The quantitative estimate of drug-likeness (QED) is 0.525. The first-order valence-corrected chi connectivity index (χ1v) is 4.16. The number of aryl methyl sites for hydroxylation is 2. The summed E-state index contributed by atoms with van der Waals surface area (Å²) in [6, 6.07) is 6.53. The van der Waals surface area contributed by atoms with Crippen LogP contribution in [0.1, 0.15) is 18.1 Å². The van der Waals surface area contributed by atoms with E-state index < -0.39 is 0 Å². The van der Waals surface area contributed by atoms with Gasteiger partial charge in [0.2, 0.25) is 0 Å². The number of benzene rings is 1. The predicted octanol–water partition coefficient (Wildman–Crippen LogP) is 1.35. The third-order valence-electron chi connectivity index (χ3n) is 1.68. The molecule has 1 rings (SSSR count). The van der Waals surface area contributed by atoms with Crippen LogP contribution in [-0.4, -0.2) is 16.3 Å². The summed E-state index contributed by atoms with van der Waals surface area (Å²) in [7, 11) is 0. The van der Waals surface area contributed by atoms with Crippen molar-refractivity contribution < 1.29 is 0 Å². The lowest BCUT2D eigenvalue weighted by Crippen LogP contribution is -2.08. The Hall–Kier alpha value is -0.248. The Kier molecular flexibility index (Phi) is 2.54. The predicted molar refractivity (Wildman–Crippen MR) is 45.9 cm³/mol. The van der Waals surface area contributed by atoms with Crippen LogP contribution in [0.3, 0.4) is 0 Å². The smallest absolute Gasteiger partial charge is 0.136 e. The molecule has 0 fully saturated rings. The highest BCUT2D eigenvalue weighted by atomic mass is 27.0. The van der Waals surface area contributed by atoms with E-state index in [2.05, 4.69) is 48.3 Å². The van der Waals surface area contributed by atoms with Gasteiger partial charge in [-0.15, -0.1) is 4.43 Å². The fourth-order valence-corrected chi connectivity index (χ4v) is 1.42. The highest BCUT2D eigenvalue weighted by Crippen LogP contribution is 2.00. The maximum absolute atomic E-state index is 2.75. The van der Waals surface area contributed by atoms with Gasteiger partial charge >= 0.3 is 0 Å². The van der Waals surface area contributed by atoms with E-state index in [9.17, 15) is 0 Å². The summed E-state index contributed by atoms with van der Waals surface area (Å²) < 4.78 is 1.33. The number of rotatable bonds is 1. The van der Waals surface area contributed by atoms with E-state index in [1.54, 1.807) is 0 Å². The fraction of sp³-hybridized carbons (Fsp3) is 0.333. The molecule has 0 spiro atoms. The molecular weight excluding hydrogens is 135 g/mol. The fourth-order valence-electron chi connectivity index (χ4n) is 1.04. The molecule has 1 aromatic rings. The van der Waals surface area contributed by atoms with E-state index in [0.29, 0.717) is 0 Å². The van der Waals surface area contributed by atoms with Crippen LogP contribution in [0.2, 0.25) is 0 Å². The average Bonchev–Trinajstić information content (AvgIpc) is 1.94. The average molecular weight is 146 g/mol. The van der Waals surface area contributed by atoms with Gasteiger partial charge < -0.3 is 0 Å². The van der Waals surface area contributed by atoms with Crippen LogP contribution in [-0.2, 0) is 6.42 Å². The minimum atomic E-state index is 1.13. The van der Waals surface area contributed by atoms with Crippen molar-refractivity contribution in [1.29, 1.82) is 0 Å². The maximum Gasteiger partial charge on any atom is 0.176 e. The minimum Gasteiger partial charge on any atom is -0.136 e. The first-order chi connectivity index (χ1) is 4.74. The highest BCUT2D eigenvalue weighted by Gasteiger charge is 1.92. The minimum absolute atomic E-state index is 1.13. The van der Waals surface area contributed by atoms with Crippen LogP contribution in [0.4, 0.5) is 0 Å². The molecule has 0 nitrogen and oxygen atoms in total. The molecule has 0 aliphatic rings. The molecule has 0 bridgehead atoms. The van der Waals surface area contributed by atoms with E-state index in [1.807, 2.05) is 0 Å². The summed E-state index contributed by atoms with van der Waals surface area (Å²) in [6.07, 6.45) is 1.13. The SMILES string of the molecule is CCc1cc(C)cc[c]1[Al]. The molecule has 0 heterocycles. The van der Waals surface area contributed by atoms with Gasteiger partial charge in [-0.05, 0) is 13.3 Å². The second-order valence-corrected chi connectivity index (χ2v) is 3.18. The molecular formula is C9H11Al. The van der Waals surface area contributed by atoms with E-state index in [1.165, 1.54) is 15.6 Å². The summed E-state index contributed by atoms with van der Waals surface area (Å²) in [5.74, 6) is 0. The van der Waals surface area contributed by atoms with Gasteiger partial charge in [-0.1, -0.05) is 36.2 Å². The van der Waals surface area contributed by atoms with Crippen LogP contribution < -0.4 is 4.43 Å². The molecule has 50 valence electrons. The van der Waals surface area contributed by atoms with Crippen molar-refractivity contribution in [1.82, 2.24) is 0 Å². The van der Waals surface area contributed by atoms with Gasteiger partial charge in [0.25, 0.3) is 0 Å². The summed E-state index contributed by atoms with van der Waals surface area (Å²) in [5, 5.41) is 0. The first kappa shape index (κ1) is 7.86. The molecule has 0 aromatic heterocycles. The summed E-state index contributed by atoms with van der Waals surface area (Å²) in [6.45, 7) is 4.31. The van der Waals surface area contributed by atoms with E-state index >= 15 is 0 Å². The second-order valence-electron chi connectivity index (χ2n) is 2.56. The van der Waals surface area contributed by atoms with E-state index in [0.717, 1.165) is 6.42 Å². The van der Waals surface area contributed by atoms with E-state index in [4.69, 9.17) is 0 Å². The first-order valence-electron chi connectivity index (χ1n) is 3.59. The Balaban J connectivity index is 3.09. The molecule has 0 N–H and O–H groups in total. The molecule has 0 saturated heterocycles. The largest absolute Gasteiger partial charge is 0.176 e. The molecule has 0 amide bonds. The Morgan fingerprint density at radius 1 is 1.40 bits per heavy atom. The Morgan fingerprint density at radius 3 is 2.60 bits per heavy atom. The van der Waals surface area contributed by atoms with Gasteiger partial charge in [0.15, 0.2) is 16.3 Å². The van der Waals surface area contributed by atoms with Gasteiger partial charge in [-0.25, -0.2) is 0 Å². The third kappa shape index (κ3) is 1.62. The Bertz CT molecular complexity index is 228. The van der Waals surface area contributed by atoms with Crippen molar-refractivity contribution in [3.05, 3.63) is 29.3 Å². The molecule has 0 unspecified atom stereocenters. The molecule has 2 radical (unpaired) electrons. The summed E-state index contributed by atoms with van der Waals surface area (Å²) in [5.41, 5.74) is 2.79. The van der Waals surface area contributed by atoms with Gasteiger partial charge in [-0.2, -0.15) is 0 Å². The second kappa shape index (κ2) is 3.23. The highest BCUT2D eigenvalue weighted by molar-refractivity contribution is 6.33. The van der Waals surface area contributed by atoms with Gasteiger partial charge in [-0.3, -0.25) is 0 Å². The zero-order chi connectivity index (χ0) is 7.56. The Morgan fingerprint density at radius 2 is 2.10 bits per heavy atom. The van der Waals surface area contributed by atoms with Gasteiger partial charge in [0, 0.05) is 0 Å². The van der Waals surface area contributed by atoms with Crippen LogP contribution in [0.5, 0.6) is 0 Å². The molecule has 0 aliphatic carbocycles. The topological polar surface area (TPSA) is 0 Å². The number of hydrogen-bond donors (Lipinski definition) is 0. The lowest BCUT2D eigenvalue weighted by Gasteiger charge is -2.03. The van der Waals surface area contributed by atoms with Crippen LogP contribution in [0, 0.1) is 6.92 Å². The van der Waals surface area contributed by atoms with Crippen LogP contribution in [0.15, 0.2) is 18.2 Å². The molecule has 1 heteroatoms. The van der Waals surface area contributed by atoms with E-state index in [-0.39, 0.29) is 0 Å². The lowest BCUT2D eigenvalue weighted by atomic mass is 10.1. The maximum atomic E-state index is 2.75. The molecule has 0 aliphatic heterocycles. The third-order valence-corrected chi connectivity index (χ3v) is 2.24. The molecule has 0 atom stereocenters. The molecule has 1 aromatic carbocycles. The number of hydrogen-bond acceptors (Lipinski definition) is 0. The van der Waals surface area contributed by atoms with Crippen molar-refractivity contribution in [3.63, 3.8) is 0 Å². The molecule has 10 heavy (non-hydrogen) atoms. The van der Waals surface area contributed by atoms with Crippen LogP contribution >= 0.6 is 0 Å². The zero-order valence-corrected chi connectivity index (χ0v) is 7.67. The van der Waals surface area contributed by atoms with Crippen molar-refractivity contribution >= 4 is 20.7 Å². The van der Waals surface area contributed by atoms with Crippen molar-refractivity contribution in [2.75, 3.05) is 0 Å². The summed E-state index contributed by atoms with van der Waals surface area (Å²) >= 11 is 2.75. The Labute approximate surface area is 70.7 Å². The standard InChI is InChI=1S/C9H11.Al/c1-3-9-6-4-5-8(2)7-9;/h4-5,7H,3H2,1-2H3;. The van der Waals surface area contributed by atoms with Crippen LogP contribution in [0.25, 0.3) is 0 Å². The normalized spacial score (nSPS) is 9.80. The summed E-state index contributed by atoms with van der Waals surface area (Å²) in [4.78, 5) is 0. The van der Waals surface area contributed by atoms with Crippen molar-refractivity contribution in [2.45, 2.75) is 20.3 Å². The van der Waals surface area contributed by atoms with Crippen molar-refractivity contribution in [2.24, 2.45) is 0 Å². The zero-order valence-electron chi connectivity index (χ0n) is 6.52. The lowest BCUT2D eigenvalue weighted by molar-refractivity contribution is 1.15. The molecule has 0 saturated carbocycles. The van der Waals surface area contributed by atoms with Crippen molar-refractivity contribution in [3.8, 4) is 0 Å². The monoisotopic (exact) mass is 146 g/mol.